The average Bonchev–Trinajstić information content (AvgIpc) is 3.79. The van der Waals surface area contributed by atoms with Crippen molar-refractivity contribution in [3.05, 3.63) is 164 Å². The van der Waals surface area contributed by atoms with Crippen LogP contribution in [0.1, 0.15) is 29.9 Å². The molecule has 0 radical (unpaired) electrons. The molecule has 1 aliphatic heterocycles. The fourth-order valence-corrected chi connectivity index (χ4v) is 16.5. The number of ether oxygens (including phenoxy) is 1. The second-order valence-electron chi connectivity index (χ2n) is 16.3. The van der Waals surface area contributed by atoms with E-state index in [2.05, 4.69) is 127 Å². The number of hydrogen-bond donors (Lipinski definition) is 0. The minimum Gasteiger partial charge on any atom is -0.0688 e. The molecule has 274 valence electrons. The first-order valence-electron chi connectivity index (χ1n) is 20.8. The third-order valence-corrected chi connectivity index (χ3v) is 18.9. The molecule has 6 heteroatoms. The summed E-state index contributed by atoms with van der Waals surface area (Å²) in [5.41, 5.74) is 10.8. The Morgan fingerprint density at radius 2 is 1.50 bits per heavy atom. The van der Waals surface area contributed by atoms with Gasteiger partial charge in [-0.2, -0.15) is 0 Å². The van der Waals surface area contributed by atoms with Crippen LogP contribution in [0.5, 0.6) is 11.5 Å². The van der Waals surface area contributed by atoms with E-state index in [1.54, 1.807) is 15.0 Å². The number of pyridine rings is 1. The standard InChI is InChI=1S/C50H44GeN4O/c1-50(2)27-28-51(3,4)49-42(50)25-24-39(34-14-7-6-8-15-34)48(49)35-26-29-52-47(30-35)55-43-19-10-9-18-40(43)41-23-22-38(32-46(41)55)56-37-17-13-16-36(31-37)54-33-53(5)44-20-11-12-21-45(44)54/h6-26,29-32H,27-28H2,1-5H3/i5D3. The molecule has 3 aromatic heterocycles. The van der Waals surface area contributed by atoms with Gasteiger partial charge in [-0.15, -0.1) is 0 Å². The number of aromatic nitrogens is 4. The zero-order valence-electron chi connectivity index (χ0n) is 35.0. The van der Waals surface area contributed by atoms with E-state index in [1.807, 2.05) is 54.7 Å². The summed E-state index contributed by atoms with van der Waals surface area (Å²) in [6, 6.07) is 49.9. The molecule has 0 unspecified atom stereocenters. The molecule has 0 atom stereocenters. The van der Waals surface area contributed by atoms with E-state index >= 15 is 0 Å². The number of para-hydroxylation sites is 3. The van der Waals surface area contributed by atoms with Gasteiger partial charge in [0.25, 0.3) is 0 Å². The normalized spacial score (nSPS) is 15.7. The summed E-state index contributed by atoms with van der Waals surface area (Å²) in [6.07, 6.45) is 6.26. The molecule has 0 spiro atoms. The van der Waals surface area contributed by atoms with E-state index in [-0.39, 0.29) is 5.41 Å². The molecular weight excluding hydrogens is 745 g/mol. The monoisotopic (exact) mass is 793 g/mol. The molecule has 4 heterocycles. The van der Waals surface area contributed by atoms with Gasteiger partial charge in [0.15, 0.2) is 0 Å². The van der Waals surface area contributed by atoms with Crippen molar-refractivity contribution in [2.45, 2.75) is 42.4 Å². The number of imidazole rings is 1. The van der Waals surface area contributed by atoms with Crippen molar-refractivity contribution < 1.29 is 13.4 Å². The SMILES string of the molecule is [2H]C([2H])([2H])[n+]1[c-]n(-c2cccc(Oc3ccc4c5ccccc5n(-c5cc(-c6c(-c7ccccc7)ccc7[c]6[Ge]([CH3])([CH3])[CH2]CC7(C)C)ccn5)c4c3)c2)c2ccccc21. The van der Waals surface area contributed by atoms with Crippen molar-refractivity contribution in [1.82, 2.24) is 14.1 Å². The Bertz CT molecular complexity index is 3090. The van der Waals surface area contributed by atoms with Crippen molar-refractivity contribution in [2.75, 3.05) is 0 Å². The van der Waals surface area contributed by atoms with Gasteiger partial charge < -0.3 is 9.13 Å². The van der Waals surface area contributed by atoms with Crippen LogP contribution in [0, 0.1) is 6.33 Å². The first-order chi connectivity index (χ1) is 28.4. The van der Waals surface area contributed by atoms with Crippen LogP contribution in [-0.4, -0.2) is 27.4 Å². The van der Waals surface area contributed by atoms with E-state index in [1.165, 1.54) is 44.1 Å². The van der Waals surface area contributed by atoms with Crippen molar-refractivity contribution in [3.8, 4) is 45.3 Å². The van der Waals surface area contributed by atoms with E-state index in [9.17, 15) is 0 Å². The Morgan fingerprint density at radius 1 is 0.732 bits per heavy atom. The van der Waals surface area contributed by atoms with E-state index < -0.39 is 20.2 Å². The average molecular weight is 793 g/mol. The van der Waals surface area contributed by atoms with Gasteiger partial charge in [-0.05, 0) is 0 Å². The number of fused-ring (bicyclic) bond motifs is 5. The fourth-order valence-electron chi connectivity index (χ4n) is 8.94. The summed E-state index contributed by atoms with van der Waals surface area (Å²) in [4.78, 5) is 5.08. The van der Waals surface area contributed by atoms with Crippen molar-refractivity contribution in [1.29, 1.82) is 0 Å². The number of hydrogen-bond acceptors (Lipinski definition) is 2. The molecule has 56 heavy (non-hydrogen) atoms. The fraction of sp³-hybridized carbons (Fsp3) is 0.160. The summed E-state index contributed by atoms with van der Waals surface area (Å²) < 4.78 is 37.8. The van der Waals surface area contributed by atoms with Crippen molar-refractivity contribution >= 4 is 50.5 Å². The molecule has 0 fully saturated rings. The van der Waals surface area contributed by atoms with Crippen molar-refractivity contribution in [2.24, 2.45) is 6.98 Å². The van der Waals surface area contributed by atoms with Crippen LogP contribution in [0.2, 0.25) is 16.8 Å². The zero-order chi connectivity index (χ0) is 40.7. The summed E-state index contributed by atoms with van der Waals surface area (Å²) in [6.45, 7) is 2.46. The minimum absolute atomic E-state index is 0.103. The van der Waals surface area contributed by atoms with Gasteiger partial charge >= 0.3 is 257 Å². The molecule has 9 aromatic rings. The smallest absolute Gasteiger partial charge is 0.0688 e. The van der Waals surface area contributed by atoms with Crippen LogP contribution in [0.3, 0.4) is 0 Å². The van der Waals surface area contributed by atoms with Crippen LogP contribution in [0.25, 0.3) is 66.6 Å². The summed E-state index contributed by atoms with van der Waals surface area (Å²) >= 11 is -2.46. The molecular formula is C50H44GeN4O. The number of aryl methyl sites for hydroxylation is 1. The number of rotatable bonds is 6. The molecule has 0 aliphatic carbocycles. The van der Waals surface area contributed by atoms with Gasteiger partial charge in [-0.3, -0.25) is 0 Å². The first kappa shape index (κ1) is 31.3. The topological polar surface area (TPSA) is 35.9 Å². The Kier molecular flexibility index (Phi) is 7.32. The van der Waals surface area contributed by atoms with Gasteiger partial charge in [0, 0.05) is 0 Å². The summed E-state index contributed by atoms with van der Waals surface area (Å²) in [7, 11) is 0. The van der Waals surface area contributed by atoms with Gasteiger partial charge in [0.2, 0.25) is 6.33 Å². The maximum atomic E-state index is 8.10. The third-order valence-electron chi connectivity index (χ3n) is 11.9. The quantitative estimate of drug-likeness (QED) is 0.0955. The molecule has 0 saturated carbocycles. The minimum atomic E-state index is -2.46. The van der Waals surface area contributed by atoms with E-state index in [0.29, 0.717) is 17.0 Å². The predicted molar refractivity (Wildman–Crippen MR) is 232 cm³/mol. The zero-order valence-corrected chi connectivity index (χ0v) is 34.1. The molecule has 0 saturated heterocycles. The predicted octanol–water partition coefficient (Wildman–Crippen LogP) is 11.5. The van der Waals surface area contributed by atoms with Gasteiger partial charge in [0.1, 0.15) is 0 Å². The summed E-state index contributed by atoms with van der Waals surface area (Å²) in [5, 5.41) is 3.54. The molecule has 0 amide bonds. The van der Waals surface area contributed by atoms with E-state index in [0.717, 1.165) is 38.8 Å². The number of nitrogens with zero attached hydrogens (tertiary/aromatic N) is 4. The van der Waals surface area contributed by atoms with E-state index in [4.69, 9.17) is 13.8 Å². The second kappa shape index (κ2) is 13.1. The van der Waals surface area contributed by atoms with Crippen LogP contribution < -0.4 is 13.7 Å². The van der Waals surface area contributed by atoms with Gasteiger partial charge in [0.05, 0.1) is 27.8 Å². The second-order valence-corrected chi connectivity index (χ2v) is 26.3. The Labute approximate surface area is 335 Å². The maximum absolute atomic E-state index is 8.10. The molecule has 0 bridgehead atoms. The molecule has 5 nitrogen and oxygen atoms in total. The van der Waals surface area contributed by atoms with Crippen molar-refractivity contribution in [3.63, 3.8) is 0 Å². The Morgan fingerprint density at radius 3 is 2.36 bits per heavy atom. The number of benzene rings is 6. The summed E-state index contributed by atoms with van der Waals surface area (Å²) in [5.74, 6) is 7.32. The Hall–Kier alpha value is -5.92. The molecule has 10 rings (SSSR count). The Balaban J connectivity index is 1.11. The van der Waals surface area contributed by atoms with Crippen LogP contribution in [0.4, 0.5) is 0 Å². The van der Waals surface area contributed by atoms with Crippen LogP contribution in [0.15, 0.2) is 152 Å². The van der Waals surface area contributed by atoms with Gasteiger partial charge in [-0.1, -0.05) is 36.4 Å². The molecule has 6 aromatic carbocycles. The third kappa shape index (κ3) is 5.67. The van der Waals surface area contributed by atoms with Crippen LogP contribution in [-0.2, 0) is 12.4 Å². The van der Waals surface area contributed by atoms with Gasteiger partial charge in [-0.25, -0.2) is 0 Å². The van der Waals surface area contributed by atoms with Crippen LogP contribution >= 0.6 is 0 Å². The molecule has 1 aliphatic rings. The molecule has 0 N–H and O–H groups in total. The first-order valence-corrected chi connectivity index (χ1v) is 26.1.